The molecule has 0 aliphatic rings. The highest BCUT2D eigenvalue weighted by Gasteiger charge is 2.16. The second kappa shape index (κ2) is 16.5. The number of benzene rings is 2. The van der Waals surface area contributed by atoms with E-state index in [4.69, 9.17) is 9.47 Å². The van der Waals surface area contributed by atoms with E-state index >= 15 is 0 Å². The van der Waals surface area contributed by atoms with Gasteiger partial charge in [-0.2, -0.15) is 0 Å². The van der Waals surface area contributed by atoms with Crippen LogP contribution >= 0.6 is 0 Å². The van der Waals surface area contributed by atoms with Crippen molar-refractivity contribution in [1.82, 2.24) is 9.97 Å². The summed E-state index contributed by atoms with van der Waals surface area (Å²) in [6.45, 7) is 4.93. The molecule has 3 rings (SSSR count). The summed E-state index contributed by atoms with van der Waals surface area (Å²) in [4.78, 5) is 21.1. The van der Waals surface area contributed by atoms with Crippen LogP contribution in [0, 0.1) is 5.82 Å². The van der Waals surface area contributed by atoms with Crippen molar-refractivity contribution < 1.29 is 18.7 Å². The summed E-state index contributed by atoms with van der Waals surface area (Å²) < 4.78 is 25.4. The maximum absolute atomic E-state index is 14.5. The lowest BCUT2D eigenvalue weighted by Gasteiger charge is -2.09. The molecule has 3 aromatic rings. The maximum atomic E-state index is 14.5. The van der Waals surface area contributed by atoms with Gasteiger partial charge in [-0.05, 0) is 37.0 Å². The topological polar surface area (TPSA) is 61.3 Å². The third kappa shape index (κ3) is 9.88. The lowest BCUT2D eigenvalue weighted by molar-refractivity contribution is 0.0728. The number of carbonyl (C=O) groups excluding carboxylic acids is 1. The van der Waals surface area contributed by atoms with E-state index < -0.39 is 11.8 Å². The van der Waals surface area contributed by atoms with Crippen molar-refractivity contribution in [3.05, 3.63) is 71.8 Å². The van der Waals surface area contributed by atoms with Gasteiger partial charge in [0.2, 0.25) is 0 Å². The van der Waals surface area contributed by atoms with Crippen molar-refractivity contribution >= 4 is 5.97 Å². The molecule has 38 heavy (non-hydrogen) atoms. The summed E-state index contributed by atoms with van der Waals surface area (Å²) in [5.74, 6) is -0.384. The molecule has 1 aromatic heterocycles. The van der Waals surface area contributed by atoms with Crippen molar-refractivity contribution in [3.63, 3.8) is 0 Å². The Labute approximate surface area is 226 Å². The van der Waals surface area contributed by atoms with E-state index in [2.05, 4.69) is 35.9 Å². The van der Waals surface area contributed by atoms with Gasteiger partial charge >= 0.3 is 5.97 Å². The Morgan fingerprint density at radius 2 is 1.39 bits per heavy atom. The number of halogens is 1. The van der Waals surface area contributed by atoms with Crippen molar-refractivity contribution in [3.8, 4) is 22.9 Å². The Morgan fingerprint density at radius 1 is 0.763 bits per heavy atom. The number of rotatable bonds is 17. The van der Waals surface area contributed by atoms with Crippen molar-refractivity contribution in [2.45, 2.75) is 90.9 Å². The Bertz CT molecular complexity index is 1100. The van der Waals surface area contributed by atoms with Gasteiger partial charge in [0.15, 0.2) is 11.6 Å². The van der Waals surface area contributed by atoms with Crippen molar-refractivity contribution in [2.24, 2.45) is 0 Å². The molecule has 0 aliphatic carbocycles. The van der Waals surface area contributed by atoms with Crippen LogP contribution in [-0.4, -0.2) is 22.5 Å². The van der Waals surface area contributed by atoms with Gasteiger partial charge in [-0.25, -0.2) is 19.2 Å². The molecule has 0 amide bonds. The molecular formula is C32H41FN2O3. The molecule has 5 nitrogen and oxygen atoms in total. The Kier molecular flexibility index (Phi) is 12.7. The highest BCUT2D eigenvalue weighted by Crippen LogP contribution is 2.21. The van der Waals surface area contributed by atoms with Gasteiger partial charge in [-0.3, -0.25) is 0 Å². The van der Waals surface area contributed by atoms with Crippen LogP contribution in [-0.2, 0) is 6.42 Å². The summed E-state index contributed by atoms with van der Waals surface area (Å²) in [6.07, 6.45) is 17.2. The third-order valence-corrected chi connectivity index (χ3v) is 6.55. The quantitative estimate of drug-likeness (QED) is 0.131. The Hall–Kier alpha value is -3.28. The number of nitrogens with zero attached hydrogens (tertiary/aromatic N) is 2. The van der Waals surface area contributed by atoms with Gasteiger partial charge in [0.05, 0.1) is 24.6 Å². The number of esters is 1. The van der Waals surface area contributed by atoms with Crippen LogP contribution in [0.1, 0.15) is 100 Å². The summed E-state index contributed by atoms with van der Waals surface area (Å²) in [5.41, 5.74) is 2.03. The summed E-state index contributed by atoms with van der Waals surface area (Å²) >= 11 is 0. The van der Waals surface area contributed by atoms with E-state index in [0.29, 0.717) is 18.2 Å². The van der Waals surface area contributed by atoms with E-state index in [-0.39, 0.29) is 11.3 Å². The number of carbonyl (C=O) groups is 1. The minimum atomic E-state index is -0.802. The number of ether oxygens (including phenoxy) is 2. The minimum Gasteiger partial charge on any atom is -0.493 e. The second-order valence-corrected chi connectivity index (χ2v) is 9.75. The first-order chi connectivity index (χ1) is 18.6. The highest BCUT2D eigenvalue weighted by molar-refractivity contribution is 5.91. The van der Waals surface area contributed by atoms with Crippen molar-refractivity contribution in [2.75, 3.05) is 6.61 Å². The monoisotopic (exact) mass is 520 g/mol. The number of hydrogen-bond acceptors (Lipinski definition) is 5. The summed E-state index contributed by atoms with van der Waals surface area (Å²) in [6, 6.07) is 12.4. The molecule has 0 saturated heterocycles. The predicted molar refractivity (Wildman–Crippen MR) is 150 cm³/mol. The summed E-state index contributed by atoms with van der Waals surface area (Å²) in [5, 5.41) is 0. The molecule has 6 heteroatoms. The van der Waals surface area contributed by atoms with Crippen molar-refractivity contribution in [1.29, 1.82) is 0 Å². The molecule has 0 unspecified atom stereocenters. The zero-order valence-electron chi connectivity index (χ0n) is 22.9. The molecule has 0 bridgehead atoms. The normalized spacial score (nSPS) is 10.9. The largest absolute Gasteiger partial charge is 0.493 e. The first kappa shape index (κ1) is 29.3. The van der Waals surface area contributed by atoms with Crippen LogP contribution in [0.15, 0.2) is 54.9 Å². The van der Waals surface area contributed by atoms with Gasteiger partial charge in [-0.15, -0.1) is 0 Å². The van der Waals surface area contributed by atoms with E-state index in [1.807, 2.05) is 12.1 Å². The fourth-order valence-corrected chi connectivity index (χ4v) is 4.26. The lowest BCUT2D eigenvalue weighted by atomic mass is 10.0. The molecule has 0 atom stereocenters. The van der Waals surface area contributed by atoms with Crippen LogP contribution in [0.2, 0.25) is 0 Å². The zero-order chi connectivity index (χ0) is 27.0. The van der Waals surface area contributed by atoms with Crippen LogP contribution in [0.3, 0.4) is 0 Å². The number of aromatic nitrogens is 2. The van der Waals surface area contributed by atoms with E-state index in [1.165, 1.54) is 87.9 Å². The number of unbranched alkanes of at least 4 members (excludes halogenated alkanes) is 9. The SMILES string of the molecule is CCCCCCCCc1ccc(-c2ncc(OC(=O)c3ccc(OCCCCCCC)cc3F)cn2)cc1. The fraction of sp³-hybridized carbons (Fsp3) is 0.469. The molecule has 0 N–H and O–H groups in total. The van der Waals surface area contributed by atoms with E-state index in [0.717, 1.165) is 24.8 Å². The third-order valence-electron chi connectivity index (χ3n) is 6.55. The predicted octanol–water partition coefficient (Wildman–Crippen LogP) is 8.75. The number of hydrogen-bond donors (Lipinski definition) is 0. The van der Waals surface area contributed by atoms with Crippen LogP contribution in [0.5, 0.6) is 11.5 Å². The smallest absolute Gasteiger partial charge is 0.346 e. The average Bonchev–Trinajstić information content (AvgIpc) is 2.93. The Balaban J connectivity index is 1.47. The van der Waals surface area contributed by atoms with Crippen LogP contribution in [0.4, 0.5) is 4.39 Å². The molecule has 2 aromatic carbocycles. The zero-order valence-corrected chi connectivity index (χ0v) is 22.9. The van der Waals surface area contributed by atoms with E-state index in [1.54, 1.807) is 6.07 Å². The molecule has 0 radical (unpaired) electrons. The molecule has 0 fully saturated rings. The highest BCUT2D eigenvalue weighted by atomic mass is 19.1. The maximum Gasteiger partial charge on any atom is 0.346 e. The number of aryl methyl sites for hydroxylation is 1. The van der Waals surface area contributed by atoms with E-state index in [9.17, 15) is 9.18 Å². The van der Waals surface area contributed by atoms with Gasteiger partial charge in [0, 0.05) is 11.6 Å². The second-order valence-electron chi connectivity index (χ2n) is 9.75. The lowest BCUT2D eigenvalue weighted by Crippen LogP contribution is -2.11. The van der Waals surface area contributed by atoms with Gasteiger partial charge in [0.1, 0.15) is 11.6 Å². The molecule has 0 spiro atoms. The van der Waals surface area contributed by atoms with Gasteiger partial charge in [-0.1, -0.05) is 95.9 Å². The first-order valence-corrected chi connectivity index (χ1v) is 14.2. The van der Waals surface area contributed by atoms with Crippen LogP contribution in [0.25, 0.3) is 11.4 Å². The molecule has 0 aliphatic heterocycles. The standard InChI is InChI=1S/C32H41FN2O3/c1-3-5-7-9-10-12-14-25-15-17-26(18-16-25)31-34-23-28(24-35-31)38-32(36)29-20-19-27(22-30(29)33)37-21-13-11-8-6-4-2/h15-20,22-24H,3-14,21H2,1-2H3. The van der Waals surface area contributed by atoms with Crippen LogP contribution < -0.4 is 9.47 Å². The molecule has 1 heterocycles. The fourth-order valence-electron chi connectivity index (χ4n) is 4.26. The Morgan fingerprint density at radius 3 is 2.05 bits per heavy atom. The van der Waals surface area contributed by atoms with Gasteiger partial charge < -0.3 is 9.47 Å². The molecule has 204 valence electrons. The average molecular weight is 521 g/mol. The molecule has 0 saturated carbocycles. The first-order valence-electron chi connectivity index (χ1n) is 14.2. The minimum absolute atomic E-state index is 0.158. The van der Waals surface area contributed by atoms with Gasteiger partial charge in [0.25, 0.3) is 0 Å². The summed E-state index contributed by atoms with van der Waals surface area (Å²) in [7, 11) is 0. The molecular weight excluding hydrogens is 479 g/mol.